The Morgan fingerprint density at radius 1 is 0.864 bits per heavy atom. The maximum Gasteiger partial charge on any atom is 0.139 e. The summed E-state index contributed by atoms with van der Waals surface area (Å²) in [4.78, 5) is 8.77. The van der Waals surface area contributed by atoms with Gasteiger partial charge in [-0.1, -0.05) is 6.07 Å². The fraction of sp³-hybridized carbons (Fsp3) is 0. The lowest BCUT2D eigenvalue weighted by Gasteiger charge is -2.10. The molecule has 22 heavy (non-hydrogen) atoms. The first-order valence-corrected chi connectivity index (χ1v) is 6.97. The summed E-state index contributed by atoms with van der Waals surface area (Å²) in [5.41, 5.74) is 2.87. The maximum absolute atomic E-state index is 4.42. The van der Waals surface area contributed by atoms with Crippen molar-refractivity contribution in [2.75, 3.05) is 5.32 Å². The van der Waals surface area contributed by atoms with Crippen molar-refractivity contribution in [3.63, 3.8) is 0 Å². The molecule has 5 heteroatoms. The van der Waals surface area contributed by atoms with E-state index in [1.54, 1.807) is 18.6 Å². The molecule has 4 rings (SSSR count). The van der Waals surface area contributed by atoms with E-state index in [4.69, 9.17) is 0 Å². The van der Waals surface area contributed by atoms with Crippen LogP contribution in [0.2, 0.25) is 0 Å². The summed E-state index contributed by atoms with van der Waals surface area (Å²) >= 11 is 0. The highest BCUT2D eigenvalue weighted by atomic mass is 15.3. The molecule has 0 spiro atoms. The van der Waals surface area contributed by atoms with E-state index in [-0.39, 0.29) is 0 Å². The Bertz CT molecular complexity index is 910. The third-order valence-electron chi connectivity index (χ3n) is 3.41. The summed E-state index contributed by atoms with van der Waals surface area (Å²) in [7, 11) is 0. The van der Waals surface area contributed by atoms with Crippen molar-refractivity contribution in [1.82, 2.24) is 19.7 Å². The minimum atomic E-state index is 0.795. The minimum Gasteiger partial charge on any atom is -0.340 e. The predicted octanol–water partition coefficient (Wildman–Crippen LogP) is 3.56. The Hall–Kier alpha value is -3.21. The molecule has 0 radical (unpaired) electrons. The molecule has 4 aromatic rings. The zero-order valence-electron chi connectivity index (χ0n) is 11.7. The van der Waals surface area contributed by atoms with Crippen LogP contribution in [0.25, 0.3) is 16.6 Å². The number of nitrogens with one attached hydrogen (secondary N) is 1. The molecule has 0 aliphatic rings. The topological polar surface area (TPSA) is 55.6 Å². The summed E-state index contributed by atoms with van der Waals surface area (Å²) in [6, 6.07) is 15.8. The highest BCUT2D eigenvalue weighted by Crippen LogP contribution is 2.23. The second-order valence-corrected chi connectivity index (χ2v) is 4.86. The van der Waals surface area contributed by atoms with Gasteiger partial charge in [0.2, 0.25) is 0 Å². The molecule has 0 saturated heterocycles. The number of fused-ring (bicyclic) bond motifs is 1. The number of hydrogen-bond donors (Lipinski definition) is 1. The van der Waals surface area contributed by atoms with Crippen LogP contribution in [0.3, 0.4) is 0 Å². The number of benzene rings is 1. The molecule has 1 N–H and O–H groups in total. The van der Waals surface area contributed by atoms with Gasteiger partial charge in [-0.05, 0) is 42.5 Å². The fourth-order valence-electron chi connectivity index (χ4n) is 2.39. The zero-order chi connectivity index (χ0) is 14.8. The second kappa shape index (κ2) is 5.29. The van der Waals surface area contributed by atoms with Gasteiger partial charge in [-0.3, -0.25) is 4.98 Å². The maximum atomic E-state index is 4.42. The van der Waals surface area contributed by atoms with E-state index in [9.17, 15) is 0 Å². The van der Waals surface area contributed by atoms with Gasteiger partial charge in [0.05, 0.1) is 11.2 Å². The molecule has 106 valence electrons. The first kappa shape index (κ1) is 12.5. The molecule has 3 heterocycles. The van der Waals surface area contributed by atoms with Crippen LogP contribution in [-0.4, -0.2) is 19.7 Å². The molecule has 0 fully saturated rings. The third kappa shape index (κ3) is 2.29. The van der Waals surface area contributed by atoms with Crippen LogP contribution in [0.4, 0.5) is 11.5 Å². The van der Waals surface area contributed by atoms with Crippen molar-refractivity contribution in [3.8, 4) is 5.69 Å². The molecule has 5 nitrogen and oxygen atoms in total. The van der Waals surface area contributed by atoms with Crippen LogP contribution in [0.5, 0.6) is 0 Å². The molecular formula is C17H13N5. The summed E-state index contributed by atoms with van der Waals surface area (Å²) in [5, 5.41) is 8.60. The molecule has 0 unspecified atom stereocenters. The quantitative estimate of drug-likeness (QED) is 0.626. The second-order valence-electron chi connectivity index (χ2n) is 4.86. The average molecular weight is 287 g/mol. The van der Waals surface area contributed by atoms with Gasteiger partial charge in [-0.2, -0.15) is 5.10 Å². The van der Waals surface area contributed by atoms with Crippen LogP contribution < -0.4 is 5.32 Å². The van der Waals surface area contributed by atoms with Gasteiger partial charge >= 0.3 is 0 Å². The van der Waals surface area contributed by atoms with Crippen LogP contribution in [0.1, 0.15) is 0 Å². The summed E-state index contributed by atoms with van der Waals surface area (Å²) in [5.74, 6) is 0.795. The lowest BCUT2D eigenvalue weighted by molar-refractivity contribution is 0.881. The highest BCUT2D eigenvalue weighted by Gasteiger charge is 2.04. The largest absolute Gasteiger partial charge is 0.340 e. The SMILES string of the molecule is c1cc(Nc2nccc3ncccc23)cc(-n2cccn2)c1. The predicted molar refractivity (Wildman–Crippen MR) is 86.4 cm³/mol. The van der Waals surface area contributed by atoms with Crippen LogP contribution in [0, 0.1) is 0 Å². The van der Waals surface area contributed by atoms with Crippen LogP contribution >= 0.6 is 0 Å². The first-order valence-electron chi connectivity index (χ1n) is 6.97. The Kier molecular flexibility index (Phi) is 3.01. The van der Waals surface area contributed by atoms with Crippen LogP contribution in [0.15, 0.2) is 73.3 Å². The lowest BCUT2D eigenvalue weighted by Crippen LogP contribution is -1.98. The van der Waals surface area contributed by atoms with Crippen molar-refractivity contribution in [3.05, 3.63) is 73.3 Å². The Morgan fingerprint density at radius 2 is 1.86 bits per heavy atom. The van der Waals surface area contributed by atoms with Gasteiger partial charge < -0.3 is 5.32 Å². The molecule has 3 aromatic heterocycles. The standard InChI is InChI=1S/C17H13N5/c1-4-13(12-14(5-1)22-11-3-9-20-22)21-17-15-6-2-8-18-16(15)7-10-19-17/h1-12H,(H,19,21). The smallest absolute Gasteiger partial charge is 0.139 e. The Labute approximate surface area is 127 Å². The van der Waals surface area contributed by atoms with E-state index in [1.165, 1.54) is 0 Å². The Balaban J connectivity index is 1.73. The van der Waals surface area contributed by atoms with Crippen molar-refractivity contribution in [1.29, 1.82) is 0 Å². The van der Waals surface area contributed by atoms with E-state index >= 15 is 0 Å². The molecule has 0 aliphatic carbocycles. The molecule has 0 amide bonds. The van der Waals surface area contributed by atoms with E-state index in [1.807, 2.05) is 59.4 Å². The molecule has 0 atom stereocenters. The van der Waals surface area contributed by atoms with Crippen molar-refractivity contribution >= 4 is 22.4 Å². The van der Waals surface area contributed by atoms with E-state index in [0.29, 0.717) is 0 Å². The summed E-state index contributed by atoms with van der Waals surface area (Å²) < 4.78 is 1.82. The monoisotopic (exact) mass is 287 g/mol. The Morgan fingerprint density at radius 3 is 2.77 bits per heavy atom. The van der Waals surface area contributed by atoms with E-state index in [0.717, 1.165) is 28.1 Å². The lowest BCUT2D eigenvalue weighted by atomic mass is 10.2. The molecule has 1 aromatic carbocycles. The van der Waals surface area contributed by atoms with Gasteiger partial charge in [0.25, 0.3) is 0 Å². The number of hydrogen-bond acceptors (Lipinski definition) is 4. The first-order chi connectivity index (χ1) is 10.9. The van der Waals surface area contributed by atoms with Gasteiger partial charge in [-0.25, -0.2) is 9.67 Å². The molecule has 0 saturated carbocycles. The van der Waals surface area contributed by atoms with Crippen LogP contribution in [-0.2, 0) is 0 Å². The van der Waals surface area contributed by atoms with Gasteiger partial charge in [-0.15, -0.1) is 0 Å². The number of rotatable bonds is 3. The van der Waals surface area contributed by atoms with E-state index < -0.39 is 0 Å². The average Bonchev–Trinajstić information content (AvgIpc) is 3.10. The summed E-state index contributed by atoms with van der Waals surface area (Å²) in [6.45, 7) is 0. The number of aromatic nitrogens is 4. The minimum absolute atomic E-state index is 0.795. The van der Waals surface area contributed by atoms with E-state index in [2.05, 4.69) is 20.4 Å². The van der Waals surface area contributed by atoms with Crippen molar-refractivity contribution in [2.45, 2.75) is 0 Å². The molecule has 0 aliphatic heterocycles. The number of pyridine rings is 2. The third-order valence-corrected chi connectivity index (χ3v) is 3.41. The zero-order valence-corrected chi connectivity index (χ0v) is 11.7. The normalized spacial score (nSPS) is 10.7. The molecule has 0 bridgehead atoms. The number of anilines is 2. The van der Waals surface area contributed by atoms with Crippen molar-refractivity contribution < 1.29 is 0 Å². The summed E-state index contributed by atoms with van der Waals surface area (Å²) in [6.07, 6.45) is 7.22. The highest BCUT2D eigenvalue weighted by molar-refractivity contribution is 5.90. The van der Waals surface area contributed by atoms with Gasteiger partial charge in [0.1, 0.15) is 5.82 Å². The number of nitrogens with zero attached hydrogens (tertiary/aromatic N) is 4. The fourth-order valence-corrected chi connectivity index (χ4v) is 2.39. The van der Waals surface area contributed by atoms with Crippen molar-refractivity contribution in [2.24, 2.45) is 0 Å². The molecular weight excluding hydrogens is 274 g/mol. The van der Waals surface area contributed by atoms with Gasteiger partial charge in [0, 0.05) is 35.9 Å². The van der Waals surface area contributed by atoms with Gasteiger partial charge in [0.15, 0.2) is 0 Å².